The van der Waals surface area contributed by atoms with E-state index in [4.69, 9.17) is 4.52 Å². The monoisotopic (exact) mass is 345 g/mol. The Balaban J connectivity index is 1.72. The molecule has 1 amide bonds. The number of rotatable bonds is 7. The quantitative estimate of drug-likeness (QED) is 0.805. The molecular formula is C19H27N3O3. The van der Waals surface area contributed by atoms with Crippen LogP contribution in [0.5, 0.6) is 0 Å². The number of aryl methyl sites for hydroxylation is 2. The molecule has 0 aliphatic carbocycles. The molecule has 0 spiro atoms. The summed E-state index contributed by atoms with van der Waals surface area (Å²) in [5.41, 5.74) is 1.70. The zero-order chi connectivity index (χ0) is 18.4. The topological polar surface area (TPSA) is 88.2 Å². The van der Waals surface area contributed by atoms with Gasteiger partial charge in [0.15, 0.2) is 5.82 Å². The molecule has 1 atom stereocenters. The molecule has 1 aromatic heterocycles. The molecule has 1 unspecified atom stereocenters. The van der Waals surface area contributed by atoms with Crippen molar-refractivity contribution >= 4 is 5.91 Å². The molecule has 6 nitrogen and oxygen atoms in total. The minimum atomic E-state index is -0.699. The first kappa shape index (κ1) is 19.1. The lowest BCUT2D eigenvalue weighted by atomic mass is 9.96. The van der Waals surface area contributed by atoms with Gasteiger partial charge < -0.3 is 14.9 Å². The SMILES string of the molecule is Cc1ccccc1C(O)CNC(=O)CCCc1nc(C(C)(C)C)no1. The van der Waals surface area contributed by atoms with Crippen molar-refractivity contribution in [3.63, 3.8) is 0 Å². The number of hydrogen-bond acceptors (Lipinski definition) is 5. The third-order valence-electron chi connectivity index (χ3n) is 3.97. The number of nitrogens with one attached hydrogen (secondary N) is 1. The van der Waals surface area contributed by atoms with Crippen LogP contribution < -0.4 is 5.32 Å². The standard InChI is InChI=1S/C19H27N3O3/c1-13-8-5-6-9-14(13)15(23)12-20-16(24)10-7-11-17-21-18(22-25-17)19(2,3)4/h5-6,8-9,15,23H,7,10-12H2,1-4H3,(H,20,24). The number of aromatic nitrogens is 2. The average molecular weight is 345 g/mol. The number of hydrogen-bond donors (Lipinski definition) is 2. The molecule has 1 heterocycles. The van der Waals surface area contributed by atoms with E-state index in [1.807, 2.05) is 52.0 Å². The lowest BCUT2D eigenvalue weighted by Gasteiger charge is -2.14. The highest BCUT2D eigenvalue weighted by Gasteiger charge is 2.20. The third-order valence-corrected chi connectivity index (χ3v) is 3.97. The van der Waals surface area contributed by atoms with Crippen molar-refractivity contribution in [2.24, 2.45) is 0 Å². The Kier molecular flexibility index (Phi) is 6.31. The lowest BCUT2D eigenvalue weighted by Crippen LogP contribution is -2.28. The van der Waals surface area contributed by atoms with Crippen LogP contribution in [-0.2, 0) is 16.6 Å². The number of nitrogens with zero attached hydrogens (tertiary/aromatic N) is 2. The zero-order valence-electron chi connectivity index (χ0n) is 15.4. The van der Waals surface area contributed by atoms with Gasteiger partial charge in [0.2, 0.25) is 11.8 Å². The van der Waals surface area contributed by atoms with E-state index in [1.54, 1.807) is 0 Å². The molecule has 0 fully saturated rings. The maximum atomic E-state index is 11.9. The molecule has 6 heteroatoms. The number of amides is 1. The van der Waals surface area contributed by atoms with Gasteiger partial charge in [0.05, 0.1) is 6.10 Å². The number of carbonyl (C=O) groups excluding carboxylic acids is 1. The summed E-state index contributed by atoms with van der Waals surface area (Å²) in [7, 11) is 0. The van der Waals surface area contributed by atoms with Crippen LogP contribution in [0.15, 0.2) is 28.8 Å². The van der Waals surface area contributed by atoms with Crippen molar-refractivity contribution in [1.29, 1.82) is 0 Å². The van der Waals surface area contributed by atoms with Crippen molar-refractivity contribution in [2.75, 3.05) is 6.54 Å². The lowest BCUT2D eigenvalue weighted by molar-refractivity contribution is -0.121. The minimum absolute atomic E-state index is 0.0943. The minimum Gasteiger partial charge on any atom is -0.387 e. The second-order valence-corrected chi connectivity index (χ2v) is 7.29. The predicted octanol–water partition coefficient (Wildman–Crippen LogP) is 2.85. The number of aliphatic hydroxyl groups is 1. The van der Waals surface area contributed by atoms with E-state index < -0.39 is 6.10 Å². The van der Waals surface area contributed by atoms with E-state index in [9.17, 15) is 9.90 Å². The Labute approximate surface area is 148 Å². The van der Waals surface area contributed by atoms with Gasteiger partial charge in [-0.2, -0.15) is 4.98 Å². The van der Waals surface area contributed by atoms with Crippen LogP contribution in [0.2, 0.25) is 0 Å². The first-order chi connectivity index (χ1) is 11.8. The van der Waals surface area contributed by atoms with Crippen LogP contribution in [-0.4, -0.2) is 27.7 Å². The van der Waals surface area contributed by atoms with Gasteiger partial charge in [-0.3, -0.25) is 4.79 Å². The van der Waals surface area contributed by atoms with Gasteiger partial charge in [-0.25, -0.2) is 0 Å². The maximum absolute atomic E-state index is 11.9. The second-order valence-electron chi connectivity index (χ2n) is 7.29. The van der Waals surface area contributed by atoms with Crippen LogP contribution >= 0.6 is 0 Å². The summed E-state index contributed by atoms with van der Waals surface area (Å²) < 4.78 is 5.21. The second kappa shape index (κ2) is 8.25. The normalized spacial score (nSPS) is 12.8. The van der Waals surface area contributed by atoms with E-state index in [2.05, 4.69) is 15.5 Å². The van der Waals surface area contributed by atoms with Crippen LogP contribution in [0.25, 0.3) is 0 Å². The molecule has 25 heavy (non-hydrogen) atoms. The number of benzene rings is 1. The Morgan fingerprint density at radius 3 is 2.68 bits per heavy atom. The van der Waals surface area contributed by atoms with Gasteiger partial charge in [0.25, 0.3) is 0 Å². The fraction of sp³-hybridized carbons (Fsp3) is 0.526. The van der Waals surface area contributed by atoms with Crippen LogP contribution in [0, 0.1) is 6.92 Å². The van der Waals surface area contributed by atoms with E-state index in [0.717, 1.165) is 11.1 Å². The molecular weight excluding hydrogens is 318 g/mol. The molecule has 0 aliphatic rings. The summed E-state index contributed by atoms with van der Waals surface area (Å²) in [6.45, 7) is 8.22. The Morgan fingerprint density at radius 1 is 1.32 bits per heavy atom. The summed E-state index contributed by atoms with van der Waals surface area (Å²) in [4.78, 5) is 16.3. The Bertz CT molecular complexity index is 704. The third kappa shape index (κ3) is 5.67. The van der Waals surface area contributed by atoms with E-state index >= 15 is 0 Å². The summed E-state index contributed by atoms with van der Waals surface area (Å²) in [6.07, 6.45) is 0.846. The number of carbonyl (C=O) groups is 1. The maximum Gasteiger partial charge on any atom is 0.226 e. The van der Waals surface area contributed by atoms with Crippen molar-refractivity contribution in [2.45, 2.75) is 58.5 Å². The van der Waals surface area contributed by atoms with E-state index in [-0.39, 0.29) is 17.9 Å². The molecule has 0 bridgehead atoms. The largest absolute Gasteiger partial charge is 0.387 e. The fourth-order valence-electron chi connectivity index (χ4n) is 2.43. The molecule has 2 N–H and O–H groups in total. The summed E-state index contributed by atoms with van der Waals surface area (Å²) >= 11 is 0. The van der Waals surface area contributed by atoms with Gasteiger partial charge in [0.1, 0.15) is 0 Å². The smallest absolute Gasteiger partial charge is 0.226 e. The first-order valence-corrected chi connectivity index (χ1v) is 8.60. The zero-order valence-corrected chi connectivity index (χ0v) is 15.4. The van der Waals surface area contributed by atoms with Crippen LogP contribution in [0.4, 0.5) is 0 Å². The van der Waals surface area contributed by atoms with Crippen molar-refractivity contribution in [3.8, 4) is 0 Å². The highest BCUT2D eigenvalue weighted by Crippen LogP contribution is 2.19. The highest BCUT2D eigenvalue weighted by atomic mass is 16.5. The fourth-order valence-corrected chi connectivity index (χ4v) is 2.43. The van der Waals surface area contributed by atoms with E-state index in [0.29, 0.717) is 31.0 Å². The van der Waals surface area contributed by atoms with Gasteiger partial charge in [-0.05, 0) is 24.5 Å². The van der Waals surface area contributed by atoms with Gasteiger partial charge in [-0.15, -0.1) is 0 Å². The predicted molar refractivity (Wildman–Crippen MR) is 95.1 cm³/mol. The Hall–Kier alpha value is -2.21. The molecule has 0 radical (unpaired) electrons. The summed E-state index contributed by atoms with van der Waals surface area (Å²) in [5.74, 6) is 1.13. The molecule has 2 aromatic rings. The van der Waals surface area contributed by atoms with Crippen molar-refractivity contribution < 1.29 is 14.4 Å². The van der Waals surface area contributed by atoms with Gasteiger partial charge >= 0.3 is 0 Å². The first-order valence-electron chi connectivity index (χ1n) is 8.60. The number of aliphatic hydroxyl groups excluding tert-OH is 1. The molecule has 136 valence electrons. The molecule has 0 saturated carbocycles. The highest BCUT2D eigenvalue weighted by molar-refractivity contribution is 5.75. The van der Waals surface area contributed by atoms with Crippen LogP contribution in [0.3, 0.4) is 0 Å². The van der Waals surface area contributed by atoms with Gasteiger partial charge in [-0.1, -0.05) is 50.2 Å². The molecule has 2 rings (SSSR count). The van der Waals surface area contributed by atoms with Crippen molar-refractivity contribution in [3.05, 3.63) is 47.1 Å². The summed E-state index contributed by atoms with van der Waals surface area (Å²) in [5, 5.41) is 16.9. The molecule has 1 aromatic carbocycles. The Morgan fingerprint density at radius 2 is 2.04 bits per heavy atom. The molecule has 0 saturated heterocycles. The molecule has 0 aliphatic heterocycles. The summed E-state index contributed by atoms with van der Waals surface area (Å²) in [6, 6.07) is 7.61. The van der Waals surface area contributed by atoms with Crippen LogP contribution in [0.1, 0.15) is 62.6 Å². The van der Waals surface area contributed by atoms with E-state index in [1.165, 1.54) is 0 Å². The van der Waals surface area contributed by atoms with Crippen molar-refractivity contribution in [1.82, 2.24) is 15.5 Å². The van der Waals surface area contributed by atoms with Gasteiger partial charge in [0, 0.05) is 24.8 Å². The average Bonchev–Trinajstić information content (AvgIpc) is 3.02.